The standard InChI is InChI=1S/C15H9IOS/c16-11-5-3-4-10(8-11)15(17)13-9-18-14-7-2-1-6-12(13)14/h1-9H. The first-order valence-electron chi connectivity index (χ1n) is 5.52. The SMILES string of the molecule is O=C(c1cccc(I)c1)c1csc2ccccc12. The van der Waals surface area contributed by atoms with Crippen molar-refractivity contribution in [2.75, 3.05) is 0 Å². The van der Waals surface area contributed by atoms with Crippen molar-refractivity contribution < 1.29 is 4.79 Å². The lowest BCUT2D eigenvalue weighted by atomic mass is 10.0. The second-order valence-electron chi connectivity index (χ2n) is 3.99. The molecule has 0 unspecified atom stereocenters. The maximum absolute atomic E-state index is 12.5. The van der Waals surface area contributed by atoms with Crippen LogP contribution in [0.4, 0.5) is 0 Å². The van der Waals surface area contributed by atoms with Crippen LogP contribution in [-0.2, 0) is 0 Å². The number of thiophene rings is 1. The number of carbonyl (C=O) groups is 1. The highest BCUT2D eigenvalue weighted by Gasteiger charge is 2.13. The first-order valence-corrected chi connectivity index (χ1v) is 7.48. The van der Waals surface area contributed by atoms with Crippen LogP contribution < -0.4 is 0 Å². The topological polar surface area (TPSA) is 17.1 Å². The monoisotopic (exact) mass is 364 g/mol. The molecule has 0 amide bonds. The number of ketones is 1. The summed E-state index contributed by atoms with van der Waals surface area (Å²) in [5, 5.41) is 3.00. The summed E-state index contributed by atoms with van der Waals surface area (Å²) in [6, 6.07) is 15.7. The Morgan fingerprint density at radius 1 is 1.06 bits per heavy atom. The zero-order valence-electron chi connectivity index (χ0n) is 9.39. The molecule has 0 bridgehead atoms. The largest absolute Gasteiger partial charge is 0.289 e. The molecule has 3 rings (SSSR count). The molecule has 0 saturated heterocycles. The van der Waals surface area contributed by atoms with Crippen LogP contribution in [0.25, 0.3) is 10.1 Å². The molecule has 1 nitrogen and oxygen atoms in total. The predicted octanol–water partition coefficient (Wildman–Crippen LogP) is 4.74. The molecule has 88 valence electrons. The molecule has 1 aromatic heterocycles. The average Bonchev–Trinajstić information content (AvgIpc) is 2.82. The van der Waals surface area contributed by atoms with Crippen LogP contribution in [-0.4, -0.2) is 5.78 Å². The molecule has 0 atom stereocenters. The first kappa shape index (κ1) is 11.9. The van der Waals surface area contributed by atoms with Crippen LogP contribution in [0.3, 0.4) is 0 Å². The molecular weight excluding hydrogens is 355 g/mol. The second-order valence-corrected chi connectivity index (χ2v) is 6.14. The Morgan fingerprint density at radius 2 is 1.89 bits per heavy atom. The Labute approximate surface area is 123 Å². The van der Waals surface area contributed by atoms with E-state index in [9.17, 15) is 4.79 Å². The highest BCUT2D eigenvalue weighted by molar-refractivity contribution is 14.1. The summed E-state index contributed by atoms with van der Waals surface area (Å²) < 4.78 is 2.24. The Kier molecular flexibility index (Phi) is 3.18. The van der Waals surface area contributed by atoms with Gasteiger partial charge in [0.05, 0.1) is 0 Å². The highest BCUT2D eigenvalue weighted by Crippen LogP contribution is 2.27. The molecule has 2 aromatic carbocycles. The van der Waals surface area contributed by atoms with Crippen LogP contribution in [0.1, 0.15) is 15.9 Å². The number of benzene rings is 2. The van der Waals surface area contributed by atoms with E-state index in [-0.39, 0.29) is 5.78 Å². The molecule has 1 heterocycles. The Morgan fingerprint density at radius 3 is 2.72 bits per heavy atom. The Balaban J connectivity index is 2.12. The molecule has 0 aliphatic heterocycles. The van der Waals surface area contributed by atoms with Gasteiger partial charge in [-0.2, -0.15) is 0 Å². The van der Waals surface area contributed by atoms with Crippen LogP contribution in [0.15, 0.2) is 53.9 Å². The summed E-state index contributed by atoms with van der Waals surface area (Å²) >= 11 is 3.84. The summed E-state index contributed by atoms with van der Waals surface area (Å²) in [6.45, 7) is 0. The smallest absolute Gasteiger partial charge is 0.194 e. The van der Waals surface area contributed by atoms with Gasteiger partial charge in [0.25, 0.3) is 0 Å². The number of hydrogen-bond donors (Lipinski definition) is 0. The van der Waals surface area contributed by atoms with Gasteiger partial charge in [-0.25, -0.2) is 0 Å². The molecule has 18 heavy (non-hydrogen) atoms. The van der Waals surface area contributed by atoms with Gasteiger partial charge in [0.2, 0.25) is 0 Å². The molecular formula is C15H9IOS. The van der Waals surface area contributed by atoms with E-state index >= 15 is 0 Å². The first-order chi connectivity index (χ1) is 8.75. The lowest BCUT2D eigenvalue weighted by Gasteiger charge is -2.00. The molecule has 0 N–H and O–H groups in total. The minimum absolute atomic E-state index is 0.103. The molecule has 0 fully saturated rings. The second kappa shape index (κ2) is 4.82. The van der Waals surface area contributed by atoms with Gasteiger partial charge in [-0.3, -0.25) is 4.79 Å². The van der Waals surface area contributed by atoms with E-state index in [2.05, 4.69) is 22.6 Å². The number of hydrogen-bond acceptors (Lipinski definition) is 2. The van der Waals surface area contributed by atoms with Gasteiger partial charge in [-0.1, -0.05) is 30.3 Å². The van der Waals surface area contributed by atoms with Crippen molar-refractivity contribution >= 4 is 49.8 Å². The van der Waals surface area contributed by atoms with E-state index < -0.39 is 0 Å². The molecule has 0 saturated carbocycles. The summed E-state index contributed by atoms with van der Waals surface area (Å²) in [6.07, 6.45) is 0. The van der Waals surface area contributed by atoms with Crippen molar-refractivity contribution in [3.05, 3.63) is 68.6 Å². The minimum atomic E-state index is 0.103. The van der Waals surface area contributed by atoms with Crippen molar-refractivity contribution in [2.24, 2.45) is 0 Å². The van der Waals surface area contributed by atoms with Crippen LogP contribution in [0, 0.1) is 3.57 Å². The predicted molar refractivity (Wildman–Crippen MR) is 84.4 cm³/mol. The number of carbonyl (C=O) groups excluding carboxylic acids is 1. The third-order valence-electron chi connectivity index (χ3n) is 2.81. The van der Waals surface area contributed by atoms with Gasteiger partial charge in [0.1, 0.15) is 0 Å². The summed E-state index contributed by atoms with van der Waals surface area (Å²) in [5.74, 6) is 0.103. The lowest BCUT2D eigenvalue weighted by Crippen LogP contribution is -2.00. The van der Waals surface area contributed by atoms with Crippen molar-refractivity contribution in [2.45, 2.75) is 0 Å². The lowest BCUT2D eigenvalue weighted by molar-refractivity contribution is 0.104. The number of halogens is 1. The summed E-state index contributed by atoms with van der Waals surface area (Å²) in [4.78, 5) is 12.5. The van der Waals surface area contributed by atoms with E-state index in [0.29, 0.717) is 0 Å². The zero-order valence-corrected chi connectivity index (χ0v) is 12.4. The minimum Gasteiger partial charge on any atom is -0.289 e. The normalized spacial score (nSPS) is 10.7. The Bertz CT molecular complexity index is 730. The third kappa shape index (κ3) is 2.08. The van der Waals surface area contributed by atoms with Gasteiger partial charge in [0.15, 0.2) is 5.78 Å². The quantitative estimate of drug-likeness (QED) is 0.474. The molecule has 0 spiro atoms. The fraction of sp³-hybridized carbons (Fsp3) is 0. The molecule has 0 aliphatic carbocycles. The fourth-order valence-electron chi connectivity index (χ4n) is 1.94. The van der Waals surface area contributed by atoms with Gasteiger partial charge in [-0.05, 0) is 40.8 Å². The maximum Gasteiger partial charge on any atom is 0.194 e. The molecule has 3 aromatic rings. The van der Waals surface area contributed by atoms with E-state index in [1.807, 2.05) is 53.9 Å². The van der Waals surface area contributed by atoms with Crippen LogP contribution >= 0.6 is 33.9 Å². The van der Waals surface area contributed by atoms with Gasteiger partial charge < -0.3 is 0 Å². The van der Waals surface area contributed by atoms with E-state index in [4.69, 9.17) is 0 Å². The fourth-order valence-corrected chi connectivity index (χ4v) is 3.42. The number of fused-ring (bicyclic) bond motifs is 1. The van der Waals surface area contributed by atoms with E-state index in [1.54, 1.807) is 11.3 Å². The van der Waals surface area contributed by atoms with E-state index in [1.165, 1.54) is 0 Å². The van der Waals surface area contributed by atoms with Gasteiger partial charge in [0, 0.05) is 30.2 Å². The highest BCUT2D eigenvalue weighted by atomic mass is 127. The van der Waals surface area contributed by atoms with Crippen molar-refractivity contribution in [1.82, 2.24) is 0 Å². The van der Waals surface area contributed by atoms with Crippen LogP contribution in [0.5, 0.6) is 0 Å². The third-order valence-corrected chi connectivity index (χ3v) is 4.45. The molecule has 0 radical (unpaired) electrons. The molecule has 3 heteroatoms. The summed E-state index contributed by atoms with van der Waals surface area (Å²) in [5.41, 5.74) is 1.56. The van der Waals surface area contributed by atoms with Crippen molar-refractivity contribution in [3.63, 3.8) is 0 Å². The van der Waals surface area contributed by atoms with Gasteiger partial charge >= 0.3 is 0 Å². The molecule has 0 aliphatic rings. The van der Waals surface area contributed by atoms with Crippen molar-refractivity contribution in [1.29, 1.82) is 0 Å². The Hall–Kier alpha value is -1.20. The zero-order chi connectivity index (χ0) is 12.5. The van der Waals surface area contributed by atoms with E-state index in [0.717, 1.165) is 24.8 Å². The number of rotatable bonds is 2. The summed E-state index contributed by atoms with van der Waals surface area (Å²) in [7, 11) is 0. The van der Waals surface area contributed by atoms with Crippen LogP contribution in [0.2, 0.25) is 0 Å². The van der Waals surface area contributed by atoms with Crippen molar-refractivity contribution in [3.8, 4) is 0 Å². The van der Waals surface area contributed by atoms with Gasteiger partial charge in [-0.15, -0.1) is 11.3 Å². The average molecular weight is 364 g/mol. The maximum atomic E-state index is 12.5.